The molecule has 0 bridgehead atoms. The van der Waals surface area contributed by atoms with E-state index in [0.717, 1.165) is 16.9 Å². The topological polar surface area (TPSA) is 44.5 Å². The molecule has 3 nitrogen and oxygen atoms in total. The van der Waals surface area contributed by atoms with Crippen molar-refractivity contribution in [1.29, 1.82) is 0 Å². The summed E-state index contributed by atoms with van der Waals surface area (Å²) in [4.78, 5) is 0. The molecule has 2 rings (SSSR count). The number of para-hydroxylation sites is 1. The molecule has 2 aromatic carbocycles. The predicted molar refractivity (Wildman–Crippen MR) is 81.0 cm³/mol. The van der Waals surface area contributed by atoms with Gasteiger partial charge in [0.2, 0.25) is 0 Å². The lowest BCUT2D eigenvalue weighted by molar-refractivity contribution is 0.145. The van der Waals surface area contributed by atoms with Crippen molar-refractivity contribution in [3.8, 4) is 5.75 Å². The van der Waals surface area contributed by atoms with Crippen molar-refractivity contribution < 1.29 is 9.47 Å². The first-order valence-electron chi connectivity index (χ1n) is 6.75. The minimum atomic E-state index is -0.186. The van der Waals surface area contributed by atoms with E-state index in [4.69, 9.17) is 15.2 Å². The number of nitrogens with two attached hydrogens (primary N) is 1. The molecular formula is C17H21NO2. The SMILES string of the molecule is COCCOc1ccccc1C(N)c1cccc(C)c1. The number of rotatable bonds is 6. The van der Waals surface area contributed by atoms with Gasteiger partial charge in [0, 0.05) is 12.7 Å². The quantitative estimate of drug-likeness (QED) is 0.821. The standard InChI is InChI=1S/C17H21NO2/c1-13-6-5-7-14(12-13)17(18)15-8-3-4-9-16(15)20-11-10-19-2/h3-9,12,17H,10-11,18H2,1-2H3. The third kappa shape index (κ3) is 3.59. The van der Waals surface area contributed by atoms with Crippen molar-refractivity contribution in [1.82, 2.24) is 0 Å². The van der Waals surface area contributed by atoms with E-state index in [-0.39, 0.29) is 6.04 Å². The van der Waals surface area contributed by atoms with E-state index in [1.807, 2.05) is 36.4 Å². The van der Waals surface area contributed by atoms with Gasteiger partial charge in [0.05, 0.1) is 12.6 Å². The summed E-state index contributed by atoms with van der Waals surface area (Å²) in [5, 5.41) is 0. The summed E-state index contributed by atoms with van der Waals surface area (Å²) in [6.45, 7) is 3.15. The summed E-state index contributed by atoms with van der Waals surface area (Å²) in [6, 6.07) is 15.9. The van der Waals surface area contributed by atoms with E-state index in [1.54, 1.807) is 7.11 Å². The van der Waals surface area contributed by atoms with E-state index < -0.39 is 0 Å². The van der Waals surface area contributed by atoms with Gasteiger partial charge < -0.3 is 15.2 Å². The van der Waals surface area contributed by atoms with Gasteiger partial charge in [-0.3, -0.25) is 0 Å². The molecule has 0 aromatic heterocycles. The minimum absolute atomic E-state index is 0.186. The van der Waals surface area contributed by atoms with Crippen LogP contribution in [-0.2, 0) is 4.74 Å². The van der Waals surface area contributed by atoms with Gasteiger partial charge in [-0.2, -0.15) is 0 Å². The normalized spacial score (nSPS) is 12.2. The molecule has 0 aliphatic rings. The van der Waals surface area contributed by atoms with Gasteiger partial charge in [-0.05, 0) is 18.6 Å². The second-order valence-electron chi connectivity index (χ2n) is 4.77. The molecule has 0 amide bonds. The van der Waals surface area contributed by atoms with Gasteiger partial charge >= 0.3 is 0 Å². The largest absolute Gasteiger partial charge is 0.491 e. The molecule has 106 valence electrons. The molecule has 0 saturated heterocycles. The highest BCUT2D eigenvalue weighted by Gasteiger charge is 2.13. The molecule has 1 atom stereocenters. The van der Waals surface area contributed by atoms with Gasteiger partial charge in [0.15, 0.2) is 0 Å². The van der Waals surface area contributed by atoms with Gasteiger partial charge in [0.25, 0.3) is 0 Å². The van der Waals surface area contributed by atoms with Crippen LogP contribution in [-0.4, -0.2) is 20.3 Å². The number of methoxy groups -OCH3 is 1. The highest BCUT2D eigenvalue weighted by Crippen LogP contribution is 2.28. The molecule has 0 saturated carbocycles. The molecule has 2 N–H and O–H groups in total. The van der Waals surface area contributed by atoms with Crippen molar-refractivity contribution in [2.45, 2.75) is 13.0 Å². The third-order valence-corrected chi connectivity index (χ3v) is 3.20. The first-order valence-corrected chi connectivity index (χ1v) is 6.75. The molecule has 0 aliphatic carbocycles. The zero-order chi connectivity index (χ0) is 14.4. The van der Waals surface area contributed by atoms with Crippen LogP contribution in [0.25, 0.3) is 0 Å². The number of ether oxygens (including phenoxy) is 2. The summed E-state index contributed by atoms with van der Waals surface area (Å²) < 4.78 is 10.8. The highest BCUT2D eigenvalue weighted by molar-refractivity contribution is 5.42. The summed E-state index contributed by atoms with van der Waals surface area (Å²) in [5.41, 5.74) is 9.67. The van der Waals surface area contributed by atoms with E-state index in [0.29, 0.717) is 13.2 Å². The van der Waals surface area contributed by atoms with Crippen LogP contribution in [0.3, 0.4) is 0 Å². The van der Waals surface area contributed by atoms with Gasteiger partial charge in [-0.15, -0.1) is 0 Å². The van der Waals surface area contributed by atoms with Crippen molar-refractivity contribution >= 4 is 0 Å². The minimum Gasteiger partial charge on any atom is -0.491 e. The fraction of sp³-hybridized carbons (Fsp3) is 0.294. The lowest BCUT2D eigenvalue weighted by Crippen LogP contribution is -2.14. The lowest BCUT2D eigenvalue weighted by atomic mass is 9.97. The van der Waals surface area contributed by atoms with Gasteiger partial charge in [0.1, 0.15) is 12.4 Å². The van der Waals surface area contributed by atoms with E-state index in [1.165, 1.54) is 5.56 Å². The first kappa shape index (κ1) is 14.6. The van der Waals surface area contributed by atoms with Crippen molar-refractivity contribution in [2.75, 3.05) is 20.3 Å². The molecule has 2 aromatic rings. The highest BCUT2D eigenvalue weighted by atomic mass is 16.5. The second-order valence-corrected chi connectivity index (χ2v) is 4.77. The van der Waals surface area contributed by atoms with Crippen molar-refractivity contribution in [2.24, 2.45) is 5.73 Å². The maximum Gasteiger partial charge on any atom is 0.124 e. The monoisotopic (exact) mass is 271 g/mol. The fourth-order valence-electron chi connectivity index (χ4n) is 2.15. The zero-order valence-corrected chi connectivity index (χ0v) is 12.0. The van der Waals surface area contributed by atoms with E-state index in [2.05, 4.69) is 19.1 Å². The summed E-state index contributed by atoms with van der Waals surface area (Å²) in [6.07, 6.45) is 0. The summed E-state index contributed by atoms with van der Waals surface area (Å²) >= 11 is 0. The van der Waals surface area contributed by atoms with Crippen molar-refractivity contribution in [3.05, 3.63) is 65.2 Å². The average Bonchev–Trinajstić information content (AvgIpc) is 2.47. The number of benzene rings is 2. The van der Waals surface area contributed by atoms with E-state index in [9.17, 15) is 0 Å². The molecule has 20 heavy (non-hydrogen) atoms. The fourth-order valence-corrected chi connectivity index (χ4v) is 2.15. The van der Waals surface area contributed by atoms with Crippen LogP contribution < -0.4 is 10.5 Å². The number of hydrogen-bond acceptors (Lipinski definition) is 3. The summed E-state index contributed by atoms with van der Waals surface area (Å²) in [5.74, 6) is 0.818. The Kier molecular flexibility index (Phi) is 5.16. The average molecular weight is 271 g/mol. The molecule has 0 radical (unpaired) electrons. The maximum absolute atomic E-state index is 6.38. The molecule has 1 unspecified atom stereocenters. The molecule has 0 heterocycles. The number of hydrogen-bond donors (Lipinski definition) is 1. The Bertz CT molecular complexity index is 554. The van der Waals surface area contributed by atoms with Gasteiger partial charge in [-0.25, -0.2) is 0 Å². The van der Waals surface area contributed by atoms with Crippen LogP contribution >= 0.6 is 0 Å². The van der Waals surface area contributed by atoms with Crippen LogP contribution in [0.1, 0.15) is 22.7 Å². The lowest BCUT2D eigenvalue weighted by Gasteiger charge is -2.17. The Morgan fingerprint density at radius 1 is 1.05 bits per heavy atom. The molecule has 0 aliphatic heterocycles. The molecule has 0 fully saturated rings. The predicted octanol–water partition coefficient (Wildman–Crippen LogP) is 3.07. The first-order chi connectivity index (χ1) is 9.72. The Morgan fingerprint density at radius 2 is 1.85 bits per heavy atom. The Hall–Kier alpha value is -1.84. The van der Waals surface area contributed by atoms with Gasteiger partial charge in [-0.1, -0.05) is 48.0 Å². The molecule has 3 heteroatoms. The second kappa shape index (κ2) is 7.08. The Labute approximate surface area is 120 Å². The number of aryl methyl sites for hydroxylation is 1. The Balaban J connectivity index is 2.23. The maximum atomic E-state index is 6.38. The van der Waals surface area contributed by atoms with E-state index >= 15 is 0 Å². The van der Waals surface area contributed by atoms with Crippen LogP contribution in [0.4, 0.5) is 0 Å². The molecular weight excluding hydrogens is 250 g/mol. The smallest absolute Gasteiger partial charge is 0.124 e. The van der Waals surface area contributed by atoms with Crippen LogP contribution in [0, 0.1) is 6.92 Å². The Morgan fingerprint density at radius 3 is 2.60 bits per heavy atom. The van der Waals surface area contributed by atoms with Crippen LogP contribution in [0.5, 0.6) is 5.75 Å². The van der Waals surface area contributed by atoms with Crippen LogP contribution in [0.2, 0.25) is 0 Å². The van der Waals surface area contributed by atoms with Crippen LogP contribution in [0.15, 0.2) is 48.5 Å². The third-order valence-electron chi connectivity index (χ3n) is 3.20. The van der Waals surface area contributed by atoms with Crippen molar-refractivity contribution in [3.63, 3.8) is 0 Å². The zero-order valence-electron chi connectivity index (χ0n) is 12.0. The molecule has 0 spiro atoms. The summed E-state index contributed by atoms with van der Waals surface area (Å²) in [7, 11) is 1.66.